The van der Waals surface area contributed by atoms with Gasteiger partial charge < -0.3 is 14.2 Å². The molecule has 0 N–H and O–H groups in total. The summed E-state index contributed by atoms with van der Waals surface area (Å²) in [6.07, 6.45) is 0.877. The Morgan fingerprint density at radius 2 is 1.42 bits per heavy atom. The molecule has 0 amide bonds. The van der Waals surface area contributed by atoms with Gasteiger partial charge >= 0.3 is 5.97 Å². The Bertz CT molecular complexity index is 1540. The third kappa shape index (κ3) is 5.87. The molecule has 0 fully saturated rings. The molecule has 0 spiro atoms. The summed E-state index contributed by atoms with van der Waals surface area (Å²) in [6, 6.07) is 36.3. The van der Waals surface area contributed by atoms with E-state index >= 15 is 0 Å². The summed E-state index contributed by atoms with van der Waals surface area (Å²) >= 11 is 0. The third-order valence-corrected chi connectivity index (χ3v) is 6.58. The molecule has 0 saturated carbocycles. The van der Waals surface area contributed by atoms with E-state index < -0.39 is 0 Å². The number of benzene rings is 5. The maximum atomic E-state index is 12.2. The van der Waals surface area contributed by atoms with Crippen molar-refractivity contribution in [2.24, 2.45) is 0 Å². The SMILES string of the molecule is COC(=O)c1ccc(-c2cccc(OCc3ccc(OCCc4ccc(C)cc4)cc3)c2)c2ccccc12. The first-order valence-electron chi connectivity index (χ1n) is 12.7. The highest BCUT2D eigenvalue weighted by Crippen LogP contribution is 2.33. The van der Waals surface area contributed by atoms with E-state index in [9.17, 15) is 4.79 Å². The molecule has 4 nitrogen and oxygen atoms in total. The van der Waals surface area contributed by atoms with Gasteiger partial charge in [-0.3, -0.25) is 0 Å². The van der Waals surface area contributed by atoms with Gasteiger partial charge in [-0.15, -0.1) is 0 Å². The lowest BCUT2D eigenvalue weighted by Gasteiger charge is -2.12. The third-order valence-electron chi connectivity index (χ3n) is 6.58. The molecular formula is C34H30O4. The van der Waals surface area contributed by atoms with Crippen molar-refractivity contribution < 1.29 is 19.0 Å². The van der Waals surface area contributed by atoms with Crippen LogP contribution in [0.5, 0.6) is 11.5 Å². The van der Waals surface area contributed by atoms with Crippen LogP contribution in [-0.2, 0) is 17.8 Å². The van der Waals surface area contributed by atoms with Crippen LogP contribution in [0.25, 0.3) is 21.9 Å². The summed E-state index contributed by atoms with van der Waals surface area (Å²) in [5.74, 6) is 1.29. The maximum absolute atomic E-state index is 12.2. The molecule has 0 aromatic heterocycles. The van der Waals surface area contributed by atoms with Crippen LogP contribution >= 0.6 is 0 Å². The fourth-order valence-corrected chi connectivity index (χ4v) is 4.48. The fraction of sp³-hybridized carbons (Fsp3) is 0.147. The zero-order chi connectivity index (χ0) is 26.3. The molecule has 0 aliphatic rings. The average molecular weight is 503 g/mol. The summed E-state index contributed by atoms with van der Waals surface area (Å²) in [6.45, 7) is 3.19. The van der Waals surface area contributed by atoms with E-state index in [2.05, 4.69) is 37.3 Å². The number of rotatable bonds is 9. The van der Waals surface area contributed by atoms with E-state index in [1.54, 1.807) is 0 Å². The predicted octanol–water partition coefficient (Wildman–Crippen LogP) is 7.80. The molecular weight excluding hydrogens is 472 g/mol. The number of methoxy groups -OCH3 is 1. The minimum Gasteiger partial charge on any atom is -0.493 e. The lowest BCUT2D eigenvalue weighted by Crippen LogP contribution is -2.02. The lowest BCUT2D eigenvalue weighted by molar-refractivity contribution is 0.0603. The van der Waals surface area contributed by atoms with Crippen molar-refractivity contribution in [3.05, 3.63) is 131 Å². The Hall–Kier alpha value is -4.57. The first-order valence-corrected chi connectivity index (χ1v) is 12.7. The van der Waals surface area contributed by atoms with Crippen molar-refractivity contribution >= 4 is 16.7 Å². The molecule has 0 bridgehead atoms. The minimum absolute atomic E-state index is 0.340. The van der Waals surface area contributed by atoms with Crippen LogP contribution in [0.15, 0.2) is 109 Å². The average Bonchev–Trinajstić information content (AvgIpc) is 2.97. The Kier molecular flexibility index (Phi) is 7.70. The summed E-state index contributed by atoms with van der Waals surface area (Å²) < 4.78 is 17.0. The standard InChI is InChI=1S/C34H30O4/c1-24-10-12-25(13-11-24)20-21-37-28-16-14-26(15-17-28)23-38-29-7-5-6-27(22-29)30-18-19-33(34(35)36-2)32-9-4-3-8-31(30)32/h3-19,22H,20-21,23H2,1-2H3. The number of esters is 1. The number of carbonyl (C=O) groups is 1. The van der Waals surface area contributed by atoms with Crippen LogP contribution in [0.2, 0.25) is 0 Å². The first kappa shape index (κ1) is 25.1. The van der Waals surface area contributed by atoms with Gasteiger partial charge in [-0.1, -0.05) is 84.4 Å². The minimum atomic E-state index is -0.340. The van der Waals surface area contributed by atoms with E-state index in [1.807, 2.05) is 78.9 Å². The normalized spacial score (nSPS) is 10.8. The highest BCUT2D eigenvalue weighted by Gasteiger charge is 2.13. The number of aryl methyl sites for hydroxylation is 1. The van der Waals surface area contributed by atoms with Crippen molar-refractivity contribution in [1.82, 2.24) is 0 Å². The zero-order valence-corrected chi connectivity index (χ0v) is 21.6. The van der Waals surface area contributed by atoms with Gasteiger partial charge in [-0.2, -0.15) is 0 Å². The Morgan fingerprint density at radius 3 is 2.18 bits per heavy atom. The predicted molar refractivity (Wildman–Crippen MR) is 152 cm³/mol. The highest BCUT2D eigenvalue weighted by molar-refractivity contribution is 6.09. The molecule has 5 rings (SSSR count). The number of carbonyl (C=O) groups excluding carboxylic acids is 1. The first-order chi connectivity index (χ1) is 18.6. The second-order valence-electron chi connectivity index (χ2n) is 9.24. The molecule has 0 aliphatic heterocycles. The van der Waals surface area contributed by atoms with Gasteiger partial charge in [0, 0.05) is 6.42 Å². The van der Waals surface area contributed by atoms with E-state index in [0.29, 0.717) is 18.8 Å². The molecule has 0 saturated heterocycles. The largest absolute Gasteiger partial charge is 0.493 e. The molecule has 0 unspecified atom stereocenters. The lowest BCUT2D eigenvalue weighted by atomic mass is 9.95. The molecule has 5 aromatic carbocycles. The van der Waals surface area contributed by atoms with E-state index in [4.69, 9.17) is 14.2 Å². The summed E-state index contributed by atoms with van der Waals surface area (Å²) in [7, 11) is 1.40. The van der Waals surface area contributed by atoms with Gasteiger partial charge in [0.25, 0.3) is 0 Å². The van der Waals surface area contributed by atoms with Crippen molar-refractivity contribution in [2.45, 2.75) is 20.0 Å². The monoisotopic (exact) mass is 502 g/mol. The molecule has 0 radical (unpaired) electrons. The Balaban J connectivity index is 1.23. The molecule has 190 valence electrons. The van der Waals surface area contributed by atoms with Crippen molar-refractivity contribution in [3.8, 4) is 22.6 Å². The number of hydrogen-bond acceptors (Lipinski definition) is 4. The topological polar surface area (TPSA) is 44.8 Å². The molecule has 0 aliphatic carbocycles. The molecule has 38 heavy (non-hydrogen) atoms. The summed E-state index contributed by atoms with van der Waals surface area (Å²) in [4.78, 5) is 12.2. The highest BCUT2D eigenvalue weighted by atomic mass is 16.5. The quantitative estimate of drug-likeness (QED) is 0.193. The van der Waals surface area contributed by atoms with Gasteiger partial charge in [0.2, 0.25) is 0 Å². The van der Waals surface area contributed by atoms with Gasteiger partial charge in [0.15, 0.2) is 0 Å². The van der Waals surface area contributed by atoms with Crippen molar-refractivity contribution in [2.75, 3.05) is 13.7 Å². The van der Waals surface area contributed by atoms with E-state index in [0.717, 1.165) is 45.4 Å². The summed E-state index contributed by atoms with van der Waals surface area (Å²) in [5, 5.41) is 1.86. The van der Waals surface area contributed by atoms with Crippen LogP contribution < -0.4 is 9.47 Å². The second-order valence-corrected chi connectivity index (χ2v) is 9.24. The molecule has 0 heterocycles. The van der Waals surface area contributed by atoms with Gasteiger partial charge in [0.05, 0.1) is 19.3 Å². The Morgan fingerprint density at radius 1 is 0.684 bits per heavy atom. The van der Waals surface area contributed by atoms with Gasteiger partial charge in [0.1, 0.15) is 18.1 Å². The van der Waals surface area contributed by atoms with Crippen LogP contribution in [0.3, 0.4) is 0 Å². The molecule has 0 atom stereocenters. The fourth-order valence-electron chi connectivity index (χ4n) is 4.48. The van der Waals surface area contributed by atoms with Gasteiger partial charge in [-0.25, -0.2) is 4.79 Å². The Labute approximate surface area is 223 Å². The van der Waals surface area contributed by atoms with E-state index in [1.165, 1.54) is 18.2 Å². The maximum Gasteiger partial charge on any atom is 0.338 e. The van der Waals surface area contributed by atoms with Crippen molar-refractivity contribution in [1.29, 1.82) is 0 Å². The number of ether oxygens (including phenoxy) is 3. The molecule has 4 heteroatoms. The smallest absolute Gasteiger partial charge is 0.338 e. The zero-order valence-electron chi connectivity index (χ0n) is 21.6. The second kappa shape index (κ2) is 11.7. The van der Waals surface area contributed by atoms with Crippen LogP contribution in [0.1, 0.15) is 27.0 Å². The van der Waals surface area contributed by atoms with E-state index in [-0.39, 0.29) is 5.97 Å². The number of hydrogen-bond donors (Lipinski definition) is 0. The van der Waals surface area contributed by atoms with Crippen LogP contribution in [-0.4, -0.2) is 19.7 Å². The molecule has 5 aromatic rings. The number of fused-ring (bicyclic) bond motifs is 1. The summed E-state index contributed by atoms with van der Waals surface area (Å²) in [5.41, 5.74) is 6.21. The van der Waals surface area contributed by atoms with Crippen molar-refractivity contribution in [3.63, 3.8) is 0 Å². The van der Waals surface area contributed by atoms with Crippen LogP contribution in [0, 0.1) is 6.92 Å². The van der Waals surface area contributed by atoms with Crippen LogP contribution in [0.4, 0.5) is 0 Å². The van der Waals surface area contributed by atoms with Gasteiger partial charge in [-0.05, 0) is 70.3 Å².